The molecular formula is C24H27N5O. The highest BCUT2D eigenvalue weighted by molar-refractivity contribution is 5.85. The first-order valence-electron chi connectivity index (χ1n) is 10.7. The average molecular weight is 402 g/mol. The van der Waals surface area contributed by atoms with Crippen molar-refractivity contribution < 1.29 is 4.79 Å². The van der Waals surface area contributed by atoms with E-state index in [1.165, 1.54) is 10.9 Å². The minimum atomic E-state index is 0.144. The van der Waals surface area contributed by atoms with Crippen LogP contribution in [0.1, 0.15) is 38.3 Å². The van der Waals surface area contributed by atoms with Crippen LogP contribution >= 0.6 is 0 Å². The van der Waals surface area contributed by atoms with Crippen molar-refractivity contribution in [3.63, 3.8) is 0 Å². The summed E-state index contributed by atoms with van der Waals surface area (Å²) >= 11 is 0. The quantitative estimate of drug-likeness (QED) is 0.607. The van der Waals surface area contributed by atoms with Crippen molar-refractivity contribution in [1.29, 1.82) is 0 Å². The van der Waals surface area contributed by atoms with Gasteiger partial charge in [-0.3, -0.25) is 9.78 Å². The molecule has 3 heterocycles. The monoisotopic (exact) mass is 401 g/mol. The van der Waals surface area contributed by atoms with Gasteiger partial charge in [0.05, 0.1) is 18.1 Å². The van der Waals surface area contributed by atoms with Crippen LogP contribution in [0.25, 0.3) is 27.7 Å². The fourth-order valence-electron chi connectivity index (χ4n) is 4.61. The molecule has 0 spiro atoms. The number of benzene rings is 1. The number of hydrogen-bond donors (Lipinski definition) is 3. The summed E-state index contributed by atoms with van der Waals surface area (Å²) in [6.07, 6.45) is 9.64. The van der Waals surface area contributed by atoms with Gasteiger partial charge in [-0.25, -0.2) is 0 Å². The second-order valence-corrected chi connectivity index (χ2v) is 8.16. The highest BCUT2D eigenvalue weighted by Gasteiger charge is 2.33. The second-order valence-electron chi connectivity index (χ2n) is 8.16. The van der Waals surface area contributed by atoms with Crippen molar-refractivity contribution in [3.8, 4) is 11.1 Å². The van der Waals surface area contributed by atoms with E-state index < -0.39 is 0 Å². The number of carbonyl (C=O) groups excluding carboxylic acids is 1. The second kappa shape index (κ2) is 7.86. The van der Waals surface area contributed by atoms with Crippen LogP contribution in [0.4, 0.5) is 0 Å². The highest BCUT2D eigenvalue weighted by Crippen LogP contribution is 2.32. The van der Waals surface area contributed by atoms with E-state index in [1.54, 1.807) is 0 Å². The van der Waals surface area contributed by atoms with E-state index in [4.69, 9.17) is 4.98 Å². The lowest BCUT2D eigenvalue weighted by atomic mass is 10.1. The van der Waals surface area contributed by atoms with Crippen LogP contribution in [-0.2, 0) is 4.79 Å². The van der Waals surface area contributed by atoms with Crippen molar-refractivity contribution in [2.75, 3.05) is 6.67 Å². The lowest BCUT2D eigenvalue weighted by Crippen LogP contribution is -2.36. The number of rotatable bonds is 5. The molecule has 5 rings (SSSR count). The first-order valence-corrected chi connectivity index (χ1v) is 10.7. The smallest absolute Gasteiger partial charge is 0.219 e. The van der Waals surface area contributed by atoms with E-state index >= 15 is 0 Å². The summed E-state index contributed by atoms with van der Waals surface area (Å²) in [6.45, 7) is 2.70. The van der Waals surface area contributed by atoms with E-state index in [-0.39, 0.29) is 11.9 Å². The number of pyridine rings is 1. The van der Waals surface area contributed by atoms with Gasteiger partial charge < -0.3 is 20.5 Å². The Labute approximate surface area is 176 Å². The standard InChI is InChI=1S/C24H27N5O/c1-2-24(30)28-19-5-6-20(12-19)29-15-25-14-23(29)22-8-4-18(13-27-22)16-3-7-21-17(11-16)9-10-26-21/h3-4,7-11,13-14,19-20,25-26H,2,5-6,12,15H2,1H3,(H,28,30)/t19-,20+/m0/s1. The molecule has 0 unspecified atom stereocenters. The maximum Gasteiger partial charge on any atom is 0.219 e. The fraction of sp³-hybridized carbons (Fsp3) is 0.333. The minimum absolute atomic E-state index is 0.144. The summed E-state index contributed by atoms with van der Waals surface area (Å²) in [6, 6.07) is 13.5. The Hall–Kier alpha value is -3.28. The average Bonchev–Trinajstić information content (AvgIpc) is 3.53. The molecule has 1 aliphatic heterocycles. The first kappa shape index (κ1) is 18.7. The molecule has 2 aliphatic rings. The summed E-state index contributed by atoms with van der Waals surface area (Å²) in [5.74, 6) is 0.144. The van der Waals surface area contributed by atoms with Gasteiger partial charge in [0, 0.05) is 48.2 Å². The Morgan fingerprint density at radius 3 is 2.93 bits per heavy atom. The highest BCUT2D eigenvalue weighted by atomic mass is 16.1. The summed E-state index contributed by atoms with van der Waals surface area (Å²) in [5.41, 5.74) is 5.54. The van der Waals surface area contributed by atoms with Crippen molar-refractivity contribution in [2.24, 2.45) is 0 Å². The number of fused-ring (bicyclic) bond motifs is 1. The number of aromatic nitrogens is 2. The summed E-state index contributed by atoms with van der Waals surface area (Å²) in [4.78, 5) is 22.1. The molecular weight excluding hydrogens is 374 g/mol. The van der Waals surface area contributed by atoms with Gasteiger partial charge in [-0.2, -0.15) is 0 Å². The maximum absolute atomic E-state index is 11.7. The van der Waals surface area contributed by atoms with Crippen LogP contribution in [0, 0.1) is 0 Å². The normalized spacial score (nSPS) is 21.0. The number of nitrogens with zero attached hydrogens (tertiary/aromatic N) is 2. The number of carbonyl (C=O) groups is 1. The lowest BCUT2D eigenvalue weighted by molar-refractivity contribution is -0.121. The Bertz CT molecular complexity index is 1080. The molecule has 2 atom stereocenters. The molecule has 0 saturated heterocycles. The molecule has 1 aromatic carbocycles. The molecule has 3 N–H and O–H groups in total. The fourth-order valence-corrected chi connectivity index (χ4v) is 4.61. The summed E-state index contributed by atoms with van der Waals surface area (Å²) in [5, 5.41) is 7.72. The molecule has 2 aromatic heterocycles. The van der Waals surface area contributed by atoms with E-state index in [1.807, 2.05) is 19.3 Å². The molecule has 1 fully saturated rings. The van der Waals surface area contributed by atoms with Gasteiger partial charge in [-0.05, 0) is 54.5 Å². The zero-order chi connectivity index (χ0) is 20.5. The third kappa shape index (κ3) is 3.54. The van der Waals surface area contributed by atoms with Gasteiger partial charge in [0.2, 0.25) is 5.91 Å². The van der Waals surface area contributed by atoms with Crippen LogP contribution in [0.2, 0.25) is 0 Å². The zero-order valence-electron chi connectivity index (χ0n) is 17.2. The minimum Gasteiger partial charge on any atom is -0.372 e. The van der Waals surface area contributed by atoms with Crippen LogP contribution in [0.15, 0.2) is 55.0 Å². The molecule has 0 radical (unpaired) electrons. The lowest BCUT2D eigenvalue weighted by Gasteiger charge is -2.28. The Morgan fingerprint density at radius 2 is 2.10 bits per heavy atom. The molecule has 154 valence electrons. The van der Waals surface area contributed by atoms with Gasteiger partial charge in [0.1, 0.15) is 0 Å². The Morgan fingerprint density at radius 1 is 1.20 bits per heavy atom. The molecule has 0 bridgehead atoms. The zero-order valence-corrected chi connectivity index (χ0v) is 17.2. The van der Waals surface area contributed by atoms with Gasteiger partial charge >= 0.3 is 0 Å². The predicted octanol–water partition coefficient (Wildman–Crippen LogP) is 3.84. The summed E-state index contributed by atoms with van der Waals surface area (Å²) < 4.78 is 0. The van der Waals surface area contributed by atoms with Crippen molar-refractivity contribution in [3.05, 3.63) is 60.7 Å². The Balaban J connectivity index is 1.31. The van der Waals surface area contributed by atoms with Crippen LogP contribution in [-0.4, -0.2) is 39.5 Å². The van der Waals surface area contributed by atoms with Crippen molar-refractivity contribution >= 4 is 22.5 Å². The number of nitrogens with one attached hydrogen (secondary N) is 3. The Kier molecular flexibility index (Phi) is 4.91. The maximum atomic E-state index is 11.7. The SMILES string of the molecule is CCC(=O)N[C@H]1CC[C@@H](N2CNC=C2c2ccc(-c3ccc4[nH]ccc4c3)cn2)C1. The molecule has 3 aromatic rings. The van der Waals surface area contributed by atoms with Crippen molar-refractivity contribution in [1.82, 2.24) is 25.5 Å². The number of amides is 1. The topological polar surface area (TPSA) is 73.1 Å². The molecule has 1 aliphatic carbocycles. The molecule has 6 heteroatoms. The predicted molar refractivity (Wildman–Crippen MR) is 119 cm³/mol. The molecule has 1 saturated carbocycles. The number of hydrogen-bond acceptors (Lipinski definition) is 4. The molecule has 1 amide bonds. The third-order valence-corrected chi connectivity index (χ3v) is 6.25. The summed E-state index contributed by atoms with van der Waals surface area (Å²) in [7, 11) is 0. The van der Waals surface area contributed by atoms with Crippen LogP contribution < -0.4 is 10.6 Å². The van der Waals surface area contributed by atoms with Crippen LogP contribution in [0.3, 0.4) is 0 Å². The number of aromatic amines is 1. The van der Waals surface area contributed by atoms with E-state index in [0.29, 0.717) is 12.5 Å². The molecule has 6 nitrogen and oxygen atoms in total. The first-order chi connectivity index (χ1) is 14.7. The van der Waals surface area contributed by atoms with Gasteiger partial charge in [0.25, 0.3) is 0 Å². The van der Waals surface area contributed by atoms with E-state index in [9.17, 15) is 4.79 Å². The van der Waals surface area contributed by atoms with Gasteiger partial charge in [-0.15, -0.1) is 0 Å². The van der Waals surface area contributed by atoms with E-state index in [2.05, 4.69) is 63.1 Å². The van der Waals surface area contributed by atoms with Crippen LogP contribution in [0.5, 0.6) is 0 Å². The van der Waals surface area contributed by atoms with Crippen molar-refractivity contribution in [2.45, 2.75) is 44.7 Å². The van der Waals surface area contributed by atoms with Gasteiger partial charge in [0.15, 0.2) is 0 Å². The molecule has 30 heavy (non-hydrogen) atoms. The third-order valence-electron chi connectivity index (χ3n) is 6.25. The van der Waals surface area contributed by atoms with Gasteiger partial charge in [-0.1, -0.05) is 19.1 Å². The largest absolute Gasteiger partial charge is 0.372 e. The van der Waals surface area contributed by atoms with E-state index in [0.717, 1.165) is 48.4 Å². The number of H-pyrrole nitrogens is 1.